The molecule has 0 atom stereocenters. The summed E-state index contributed by atoms with van der Waals surface area (Å²) in [6.45, 7) is 1.85. The number of nitrogens with zero attached hydrogens (tertiary/aromatic N) is 3. The lowest BCUT2D eigenvalue weighted by atomic mass is 10.3. The SMILES string of the molecule is COc1cc(Nc2ncc(Br)c(NCCCN(C)C)n2)cc(OC)c1.Cl. The van der Waals surface area contributed by atoms with Crippen molar-refractivity contribution in [1.29, 1.82) is 0 Å². The number of methoxy groups -OCH3 is 2. The molecule has 0 saturated heterocycles. The van der Waals surface area contributed by atoms with Crippen molar-refractivity contribution in [1.82, 2.24) is 14.9 Å². The summed E-state index contributed by atoms with van der Waals surface area (Å²) in [6.07, 6.45) is 2.75. The number of anilines is 3. The first-order chi connectivity index (χ1) is 12.0. The highest BCUT2D eigenvalue weighted by atomic mass is 79.9. The number of hydrogen-bond acceptors (Lipinski definition) is 7. The second-order valence-electron chi connectivity index (χ2n) is 5.70. The van der Waals surface area contributed by atoms with Crippen molar-refractivity contribution in [3.8, 4) is 11.5 Å². The highest BCUT2D eigenvalue weighted by Gasteiger charge is 2.07. The van der Waals surface area contributed by atoms with Crippen molar-refractivity contribution in [2.45, 2.75) is 6.42 Å². The zero-order valence-electron chi connectivity index (χ0n) is 15.4. The molecule has 26 heavy (non-hydrogen) atoms. The minimum atomic E-state index is 0. The fraction of sp³-hybridized carbons (Fsp3) is 0.412. The molecule has 0 aliphatic rings. The topological polar surface area (TPSA) is 71.5 Å². The van der Waals surface area contributed by atoms with E-state index in [4.69, 9.17) is 9.47 Å². The van der Waals surface area contributed by atoms with E-state index >= 15 is 0 Å². The predicted octanol–water partition coefficient (Wildman–Crippen LogP) is 3.79. The Hall–Kier alpha value is -1.77. The first-order valence-electron chi connectivity index (χ1n) is 7.93. The number of hydrogen-bond donors (Lipinski definition) is 2. The third kappa shape index (κ3) is 6.86. The zero-order chi connectivity index (χ0) is 18.2. The van der Waals surface area contributed by atoms with Crippen LogP contribution in [0.25, 0.3) is 0 Å². The number of nitrogens with one attached hydrogen (secondary N) is 2. The van der Waals surface area contributed by atoms with E-state index in [0.717, 1.165) is 35.5 Å². The number of halogens is 2. The van der Waals surface area contributed by atoms with Crippen molar-refractivity contribution in [2.75, 3.05) is 52.0 Å². The van der Waals surface area contributed by atoms with Crippen molar-refractivity contribution in [3.05, 3.63) is 28.9 Å². The van der Waals surface area contributed by atoms with Gasteiger partial charge in [0.25, 0.3) is 0 Å². The van der Waals surface area contributed by atoms with Gasteiger partial charge in [-0.25, -0.2) is 4.98 Å². The molecule has 0 radical (unpaired) electrons. The van der Waals surface area contributed by atoms with Crippen molar-refractivity contribution >= 4 is 45.8 Å². The highest BCUT2D eigenvalue weighted by molar-refractivity contribution is 9.10. The molecule has 0 unspecified atom stereocenters. The minimum absolute atomic E-state index is 0. The second kappa shape index (κ2) is 11.1. The van der Waals surface area contributed by atoms with Crippen LogP contribution in [0.15, 0.2) is 28.9 Å². The predicted molar refractivity (Wildman–Crippen MR) is 111 cm³/mol. The van der Waals surface area contributed by atoms with Crippen LogP contribution in [0.3, 0.4) is 0 Å². The standard InChI is InChI=1S/C17H24BrN5O2.ClH/c1-23(2)7-5-6-19-16-15(18)11-20-17(22-16)21-12-8-13(24-3)10-14(9-12)25-4;/h8-11H,5-7H2,1-4H3,(H2,19,20,21,22);1H. The molecule has 0 saturated carbocycles. The molecule has 2 N–H and O–H groups in total. The fourth-order valence-corrected chi connectivity index (χ4v) is 2.49. The van der Waals surface area contributed by atoms with Gasteiger partial charge in [-0.3, -0.25) is 0 Å². The van der Waals surface area contributed by atoms with Gasteiger partial charge in [0.05, 0.1) is 18.7 Å². The third-order valence-electron chi connectivity index (χ3n) is 3.43. The maximum atomic E-state index is 5.28. The summed E-state index contributed by atoms with van der Waals surface area (Å²) in [7, 11) is 7.35. The molecule has 144 valence electrons. The number of aromatic nitrogens is 2. The van der Waals surface area contributed by atoms with Crippen molar-refractivity contribution in [2.24, 2.45) is 0 Å². The van der Waals surface area contributed by atoms with Gasteiger partial charge in [0.15, 0.2) is 0 Å². The van der Waals surface area contributed by atoms with Gasteiger partial charge < -0.3 is 25.0 Å². The molecule has 0 amide bonds. The Morgan fingerprint density at radius 2 is 1.77 bits per heavy atom. The smallest absolute Gasteiger partial charge is 0.229 e. The van der Waals surface area contributed by atoms with E-state index in [2.05, 4.69) is 55.5 Å². The molecule has 2 rings (SSSR count). The third-order valence-corrected chi connectivity index (χ3v) is 4.01. The van der Waals surface area contributed by atoms with Crippen LogP contribution < -0.4 is 20.1 Å². The molecular formula is C17H25BrClN5O2. The Balaban J connectivity index is 0.00000338. The van der Waals surface area contributed by atoms with Crippen LogP contribution in [0.2, 0.25) is 0 Å². The first-order valence-corrected chi connectivity index (χ1v) is 8.72. The molecule has 1 aromatic carbocycles. The highest BCUT2D eigenvalue weighted by Crippen LogP contribution is 2.28. The number of rotatable bonds is 9. The van der Waals surface area contributed by atoms with E-state index in [9.17, 15) is 0 Å². The quantitative estimate of drug-likeness (QED) is 0.568. The summed E-state index contributed by atoms with van der Waals surface area (Å²) in [5.74, 6) is 2.64. The normalized spacial score (nSPS) is 10.2. The molecule has 0 aliphatic heterocycles. The van der Waals surface area contributed by atoms with Gasteiger partial charge in [0, 0.05) is 36.6 Å². The van der Waals surface area contributed by atoms with E-state index < -0.39 is 0 Å². The molecule has 7 nitrogen and oxygen atoms in total. The number of ether oxygens (including phenoxy) is 2. The minimum Gasteiger partial charge on any atom is -0.497 e. The Labute approximate surface area is 169 Å². The molecule has 1 heterocycles. The fourth-order valence-electron chi connectivity index (χ4n) is 2.16. The largest absolute Gasteiger partial charge is 0.497 e. The zero-order valence-corrected chi connectivity index (χ0v) is 17.8. The average molecular weight is 447 g/mol. The molecule has 9 heteroatoms. The van der Waals surface area contributed by atoms with Crippen LogP contribution in [0.4, 0.5) is 17.5 Å². The van der Waals surface area contributed by atoms with E-state index in [1.807, 2.05) is 18.2 Å². The van der Waals surface area contributed by atoms with Gasteiger partial charge in [-0.2, -0.15) is 4.98 Å². The Kier molecular flexibility index (Phi) is 9.47. The van der Waals surface area contributed by atoms with Gasteiger partial charge in [-0.15, -0.1) is 12.4 Å². The van der Waals surface area contributed by atoms with Crippen molar-refractivity contribution in [3.63, 3.8) is 0 Å². The van der Waals surface area contributed by atoms with Crippen LogP contribution in [0.1, 0.15) is 6.42 Å². The summed E-state index contributed by atoms with van der Waals surface area (Å²) in [5, 5.41) is 6.50. The van der Waals surface area contributed by atoms with Gasteiger partial charge in [-0.1, -0.05) is 0 Å². The van der Waals surface area contributed by atoms with Crippen LogP contribution >= 0.6 is 28.3 Å². The van der Waals surface area contributed by atoms with E-state index in [1.54, 1.807) is 20.4 Å². The summed E-state index contributed by atoms with van der Waals surface area (Å²) in [5.41, 5.74) is 0.789. The van der Waals surface area contributed by atoms with Gasteiger partial charge >= 0.3 is 0 Å². The van der Waals surface area contributed by atoms with Crippen LogP contribution in [0, 0.1) is 0 Å². The molecule has 0 fully saturated rings. The monoisotopic (exact) mass is 445 g/mol. The van der Waals surface area contributed by atoms with Crippen molar-refractivity contribution < 1.29 is 9.47 Å². The van der Waals surface area contributed by atoms with Gasteiger partial charge in [-0.05, 0) is 43.0 Å². The molecule has 1 aromatic heterocycles. The summed E-state index contributed by atoms with van der Waals surface area (Å²) in [6, 6.07) is 5.53. The lowest BCUT2D eigenvalue weighted by molar-refractivity contribution is 0.395. The first kappa shape index (κ1) is 22.3. The Morgan fingerprint density at radius 1 is 1.12 bits per heavy atom. The Morgan fingerprint density at radius 3 is 2.35 bits per heavy atom. The lowest BCUT2D eigenvalue weighted by Gasteiger charge is -2.13. The molecule has 2 aromatic rings. The average Bonchev–Trinajstić information content (AvgIpc) is 2.60. The maximum Gasteiger partial charge on any atom is 0.229 e. The molecular weight excluding hydrogens is 422 g/mol. The van der Waals surface area contributed by atoms with Gasteiger partial charge in [0.1, 0.15) is 17.3 Å². The lowest BCUT2D eigenvalue weighted by Crippen LogP contribution is -2.17. The van der Waals surface area contributed by atoms with Crippen LogP contribution in [-0.2, 0) is 0 Å². The summed E-state index contributed by atoms with van der Waals surface area (Å²) < 4.78 is 11.4. The van der Waals surface area contributed by atoms with E-state index in [1.165, 1.54) is 0 Å². The number of benzene rings is 1. The second-order valence-corrected chi connectivity index (χ2v) is 6.55. The summed E-state index contributed by atoms with van der Waals surface area (Å²) in [4.78, 5) is 11.0. The molecule has 0 aliphatic carbocycles. The molecule has 0 spiro atoms. The van der Waals surface area contributed by atoms with Gasteiger partial charge in [0.2, 0.25) is 5.95 Å². The maximum absolute atomic E-state index is 5.28. The van der Waals surface area contributed by atoms with Crippen LogP contribution in [-0.4, -0.2) is 56.3 Å². The Bertz CT molecular complexity index is 681. The van der Waals surface area contributed by atoms with E-state index in [-0.39, 0.29) is 12.4 Å². The molecule has 0 bridgehead atoms. The summed E-state index contributed by atoms with van der Waals surface area (Å²) >= 11 is 3.48. The van der Waals surface area contributed by atoms with E-state index in [0.29, 0.717) is 17.4 Å². The van der Waals surface area contributed by atoms with Crippen LogP contribution in [0.5, 0.6) is 11.5 Å².